The molecule has 0 atom stereocenters. The van der Waals surface area contributed by atoms with Gasteiger partial charge in [-0.05, 0) is 61.2 Å². The Bertz CT molecular complexity index is 1030. The number of fused-ring (bicyclic) bond motifs is 1. The van der Waals surface area contributed by atoms with E-state index >= 15 is 0 Å². The maximum absolute atomic E-state index is 12.6. The number of amides is 2. The van der Waals surface area contributed by atoms with Crippen molar-refractivity contribution >= 4 is 29.4 Å². The molecule has 0 saturated carbocycles. The molecule has 2 amide bonds. The number of nitrogens with zero attached hydrogens (tertiary/aromatic N) is 1. The third-order valence-electron chi connectivity index (χ3n) is 5.89. The van der Waals surface area contributed by atoms with Crippen molar-refractivity contribution in [3.05, 3.63) is 58.6 Å². The molecule has 2 aromatic carbocycles. The largest absolute Gasteiger partial charge is 0.486 e. The van der Waals surface area contributed by atoms with Gasteiger partial charge in [-0.25, -0.2) is 0 Å². The Morgan fingerprint density at radius 3 is 2.44 bits per heavy atom. The molecule has 2 aliphatic heterocycles. The number of hydrogen-bond acceptors (Lipinski definition) is 6. The predicted molar refractivity (Wildman–Crippen MR) is 125 cm³/mol. The lowest BCUT2D eigenvalue weighted by Crippen LogP contribution is -2.41. The number of hydrogen-bond donors (Lipinski definition) is 1. The maximum atomic E-state index is 12.6. The zero-order chi connectivity index (χ0) is 23.9. The zero-order valence-corrected chi connectivity index (χ0v) is 19.5. The third-order valence-corrected chi connectivity index (χ3v) is 6.15. The van der Waals surface area contributed by atoms with Crippen LogP contribution in [0.2, 0.25) is 5.02 Å². The van der Waals surface area contributed by atoms with E-state index in [9.17, 15) is 14.4 Å². The summed E-state index contributed by atoms with van der Waals surface area (Å²) in [5.41, 5.74) is 1.58. The molecule has 2 aliphatic rings. The van der Waals surface area contributed by atoms with Crippen LogP contribution in [0.4, 0.5) is 0 Å². The van der Waals surface area contributed by atoms with Gasteiger partial charge < -0.3 is 24.4 Å². The summed E-state index contributed by atoms with van der Waals surface area (Å²) in [4.78, 5) is 38.7. The maximum Gasteiger partial charge on any atom is 0.309 e. The first-order valence-electron chi connectivity index (χ1n) is 11.4. The molecule has 0 aliphatic carbocycles. The molecular formula is C25H27ClN2O6. The summed E-state index contributed by atoms with van der Waals surface area (Å²) in [6.45, 7) is 2.09. The van der Waals surface area contributed by atoms with E-state index in [1.54, 1.807) is 29.2 Å². The second-order valence-corrected chi connectivity index (χ2v) is 8.70. The van der Waals surface area contributed by atoms with Crippen LogP contribution >= 0.6 is 11.6 Å². The van der Waals surface area contributed by atoms with Crippen molar-refractivity contribution in [3.63, 3.8) is 0 Å². The average Bonchev–Trinajstić information content (AvgIpc) is 2.87. The summed E-state index contributed by atoms with van der Waals surface area (Å²) < 4.78 is 16.3. The summed E-state index contributed by atoms with van der Waals surface area (Å²) in [7, 11) is 0. The van der Waals surface area contributed by atoms with Crippen molar-refractivity contribution in [1.29, 1.82) is 0 Å². The summed E-state index contributed by atoms with van der Waals surface area (Å²) in [5, 5.41) is 3.34. The van der Waals surface area contributed by atoms with Crippen LogP contribution in [0.5, 0.6) is 11.5 Å². The Morgan fingerprint density at radius 1 is 1.00 bits per heavy atom. The smallest absolute Gasteiger partial charge is 0.309 e. The van der Waals surface area contributed by atoms with Gasteiger partial charge in [0.25, 0.3) is 11.8 Å². The first-order chi connectivity index (χ1) is 16.5. The first-order valence-corrected chi connectivity index (χ1v) is 11.7. The van der Waals surface area contributed by atoms with Gasteiger partial charge in [-0.15, -0.1) is 0 Å². The zero-order valence-electron chi connectivity index (χ0n) is 18.8. The number of benzene rings is 2. The van der Waals surface area contributed by atoms with E-state index in [1.165, 1.54) is 0 Å². The Morgan fingerprint density at radius 2 is 1.71 bits per heavy atom. The second kappa shape index (κ2) is 11.2. The lowest BCUT2D eigenvalue weighted by atomic mass is 9.96. The molecule has 9 heteroatoms. The Labute approximate surface area is 203 Å². The highest BCUT2D eigenvalue weighted by molar-refractivity contribution is 6.30. The van der Waals surface area contributed by atoms with Crippen LogP contribution in [0.15, 0.2) is 42.5 Å². The molecular weight excluding hydrogens is 460 g/mol. The van der Waals surface area contributed by atoms with Gasteiger partial charge >= 0.3 is 5.97 Å². The fraction of sp³-hybridized carbons (Fsp3) is 0.400. The first kappa shape index (κ1) is 23.9. The van der Waals surface area contributed by atoms with Gasteiger partial charge in [0.2, 0.25) is 0 Å². The molecule has 0 aromatic heterocycles. The number of rotatable bonds is 7. The van der Waals surface area contributed by atoms with Gasteiger partial charge in [0.05, 0.1) is 5.92 Å². The highest BCUT2D eigenvalue weighted by Crippen LogP contribution is 2.30. The number of carbonyl (C=O) groups excluding carboxylic acids is 3. The van der Waals surface area contributed by atoms with E-state index in [2.05, 4.69) is 5.32 Å². The van der Waals surface area contributed by atoms with Gasteiger partial charge in [0, 0.05) is 30.2 Å². The number of ether oxygens (including phenoxy) is 3. The van der Waals surface area contributed by atoms with Gasteiger partial charge in [0.1, 0.15) is 13.2 Å². The molecule has 0 spiro atoms. The molecule has 8 nitrogen and oxygen atoms in total. The van der Waals surface area contributed by atoms with Crippen LogP contribution in [0.25, 0.3) is 0 Å². The quantitative estimate of drug-likeness (QED) is 0.605. The van der Waals surface area contributed by atoms with Gasteiger partial charge in [0.15, 0.2) is 18.1 Å². The number of esters is 1. The Kier molecular flexibility index (Phi) is 7.90. The highest BCUT2D eigenvalue weighted by Gasteiger charge is 2.29. The summed E-state index contributed by atoms with van der Waals surface area (Å²) >= 11 is 5.87. The number of nitrogens with one attached hydrogen (secondary N) is 1. The lowest BCUT2D eigenvalue weighted by molar-refractivity contribution is -0.153. The van der Waals surface area contributed by atoms with E-state index < -0.39 is 5.97 Å². The third kappa shape index (κ3) is 6.20. The van der Waals surface area contributed by atoms with Crippen molar-refractivity contribution < 1.29 is 28.6 Å². The molecule has 2 aromatic rings. The number of likely N-dealkylation sites (tertiary alicyclic amines) is 1. The molecule has 0 radical (unpaired) electrons. The molecule has 4 rings (SSSR count). The molecule has 34 heavy (non-hydrogen) atoms. The standard InChI is InChI=1S/C25H27ClN2O6/c26-20-4-2-18(3-5-20)24(30)28-11-8-19(9-12-28)25(31)34-16-23(29)27-10-7-17-1-6-21-22(15-17)33-14-13-32-21/h1-6,15,19H,7-14,16H2,(H,27,29). The molecule has 2 heterocycles. The van der Waals surface area contributed by atoms with E-state index in [4.69, 9.17) is 25.8 Å². The topological polar surface area (TPSA) is 94.2 Å². The average molecular weight is 487 g/mol. The molecule has 1 saturated heterocycles. The van der Waals surface area contributed by atoms with Crippen molar-refractivity contribution in [2.24, 2.45) is 5.92 Å². The number of carbonyl (C=O) groups is 3. The Hall–Kier alpha value is -3.26. The Balaban J connectivity index is 1.14. The van der Waals surface area contributed by atoms with Crippen molar-refractivity contribution in [2.75, 3.05) is 39.5 Å². The van der Waals surface area contributed by atoms with Crippen LogP contribution in [0.1, 0.15) is 28.8 Å². The lowest BCUT2D eigenvalue weighted by Gasteiger charge is -2.31. The molecule has 0 unspecified atom stereocenters. The predicted octanol–water partition coefficient (Wildman–Crippen LogP) is 2.87. The second-order valence-electron chi connectivity index (χ2n) is 8.26. The SMILES string of the molecule is O=C(COC(=O)C1CCN(C(=O)c2ccc(Cl)cc2)CC1)NCCc1ccc2c(c1)OCCO2. The van der Waals surface area contributed by atoms with Crippen LogP contribution in [-0.2, 0) is 20.7 Å². The van der Waals surface area contributed by atoms with E-state index in [-0.39, 0.29) is 24.3 Å². The number of piperidine rings is 1. The minimum atomic E-state index is -0.402. The van der Waals surface area contributed by atoms with E-state index in [1.807, 2.05) is 18.2 Å². The monoisotopic (exact) mass is 486 g/mol. The van der Waals surface area contributed by atoms with Crippen molar-refractivity contribution in [1.82, 2.24) is 10.2 Å². The van der Waals surface area contributed by atoms with Crippen LogP contribution in [0, 0.1) is 5.92 Å². The van der Waals surface area contributed by atoms with Gasteiger partial charge in [-0.3, -0.25) is 14.4 Å². The van der Waals surface area contributed by atoms with Crippen LogP contribution in [-0.4, -0.2) is 62.1 Å². The molecule has 1 N–H and O–H groups in total. The summed E-state index contributed by atoms with van der Waals surface area (Å²) in [6.07, 6.45) is 1.63. The normalized spacial score (nSPS) is 15.5. The minimum absolute atomic E-state index is 0.0825. The highest BCUT2D eigenvalue weighted by atomic mass is 35.5. The van der Waals surface area contributed by atoms with E-state index in [0.717, 1.165) is 11.3 Å². The fourth-order valence-corrected chi connectivity index (χ4v) is 4.11. The molecule has 1 fully saturated rings. The van der Waals surface area contributed by atoms with Crippen molar-refractivity contribution in [2.45, 2.75) is 19.3 Å². The van der Waals surface area contributed by atoms with Gasteiger partial charge in [-0.2, -0.15) is 0 Å². The molecule has 180 valence electrons. The minimum Gasteiger partial charge on any atom is -0.486 e. The van der Waals surface area contributed by atoms with E-state index in [0.29, 0.717) is 68.4 Å². The summed E-state index contributed by atoms with van der Waals surface area (Å²) in [5.74, 6) is 0.290. The number of halogens is 1. The van der Waals surface area contributed by atoms with Crippen LogP contribution < -0.4 is 14.8 Å². The van der Waals surface area contributed by atoms with Crippen molar-refractivity contribution in [3.8, 4) is 11.5 Å². The van der Waals surface area contributed by atoms with Crippen LogP contribution in [0.3, 0.4) is 0 Å². The van der Waals surface area contributed by atoms with Gasteiger partial charge in [-0.1, -0.05) is 17.7 Å². The fourth-order valence-electron chi connectivity index (χ4n) is 3.99. The summed E-state index contributed by atoms with van der Waals surface area (Å²) in [6, 6.07) is 12.4. The molecule has 0 bridgehead atoms.